The SMILES string of the molecule is OC(/C=C/c1ccccc1)COc1ccccc1. The maximum absolute atomic E-state index is 9.76. The summed E-state index contributed by atoms with van der Waals surface area (Å²) in [6.45, 7) is 0.257. The molecule has 0 aliphatic carbocycles. The van der Waals surface area contributed by atoms with Crippen LogP contribution in [0.3, 0.4) is 0 Å². The fraction of sp³-hybridized carbons (Fsp3) is 0.125. The molecule has 2 rings (SSSR count). The zero-order valence-corrected chi connectivity index (χ0v) is 10.1. The number of aliphatic hydroxyl groups excluding tert-OH is 1. The quantitative estimate of drug-likeness (QED) is 0.870. The molecule has 92 valence electrons. The molecule has 0 aliphatic heterocycles. The van der Waals surface area contributed by atoms with E-state index in [4.69, 9.17) is 4.74 Å². The Morgan fingerprint density at radius 1 is 0.944 bits per heavy atom. The Morgan fingerprint density at radius 2 is 1.56 bits per heavy atom. The van der Waals surface area contributed by atoms with Gasteiger partial charge in [-0.1, -0.05) is 60.7 Å². The van der Waals surface area contributed by atoms with E-state index in [9.17, 15) is 5.11 Å². The van der Waals surface area contributed by atoms with E-state index in [-0.39, 0.29) is 6.61 Å². The third kappa shape index (κ3) is 4.07. The Balaban J connectivity index is 1.82. The average Bonchev–Trinajstić information content (AvgIpc) is 2.45. The molecule has 0 heterocycles. The Labute approximate surface area is 107 Å². The molecule has 1 N–H and O–H groups in total. The zero-order valence-electron chi connectivity index (χ0n) is 10.1. The van der Waals surface area contributed by atoms with Gasteiger partial charge in [0.15, 0.2) is 0 Å². The van der Waals surface area contributed by atoms with Crippen LogP contribution in [-0.4, -0.2) is 17.8 Å². The zero-order chi connectivity index (χ0) is 12.6. The lowest BCUT2D eigenvalue weighted by molar-refractivity contribution is 0.145. The minimum atomic E-state index is -0.606. The van der Waals surface area contributed by atoms with Crippen molar-refractivity contribution in [1.29, 1.82) is 0 Å². The van der Waals surface area contributed by atoms with Crippen molar-refractivity contribution in [2.45, 2.75) is 6.10 Å². The van der Waals surface area contributed by atoms with Crippen molar-refractivity contribution >= 4 is 6.08 Å². The first kappa shape index (κ1) is 12.4. The summed E-state index contributed by atoms with van der Waals surface area (Å²) in [6.07, 6.45) is 3.02. The van der Waals surface area contributed by atoms with Gasteiger partial charge in [0, 0.05) is 0 Å². The van der Waals surface area contributed by atoms with Crippen molar-refractivity contribution in [1.82, 2.24) is 0 Å². The molecule has 0 saturated carbocycles. The monoisotopic (exact) mass is 240 g/mol. The van der Waals surface area contributed by atoms with E-state index < -0.39 is 6.10 Å². The third-order valence-corrected chi connectivity index (χ3v) is 2.47. The highest BCUT2D eigenvalue weighted by Crippen LogP contribution is 2.09. The third-order valence-electron chi connectivity index (χ3n) is 2.47. The van der Waals surface area contributed by atoms with E-state index in [1.54, 1.807) is 6.08 Å². The molecule has 0 fully saturated rings. The maximum atomic E-state index is 9.76. The van der Waals surface area contributed by atoms with E-state index >= 15 is 0 Å². The van der Waals surface area contributed by atoms with Crippen molar-refractivity contribution in [3.63, 3.8) is 0 Å². The lowest BCUT2D eigenvalue weighted by Crippen LogP contribution is -2.14. The highest BCUT2D eigenvalue weighted by Gasteiger charge is 2.00. The molecule has 0 spiro atoms. The number of aliphatic hydroxyl groups is 1. The van der Waals surface area contributed by atoms with Crippen molar-refractivity contribution < 1.29 is 9.84 Å². The van der Waals surface area contributed by atoms with Gasteiger partial charge in [0.05, 0.1) is 0 Å². The second-order valence-corrected chi connectivity index (χ2v) is 3.96. The largest absolute Gasteiger partial charge is 0.491 e. The van der Waals surface area contributed by atoms with Crippen LogP contribution in [0.1, 0.15) is 5.56 Å². The van der Waals surface area contributed by atoms with E-state index in [1.807, 2.05) is 66.7 Å². The lowest BCUT2D eigenvalue weighted by Gasteiger charge is -2.08. The van der Waals surface area contributed by atoms with Gasteiger partial charge in [0.25, 0.3) is 0 Å². The average molecular weight is 240 g/mol. The number of benzene rings is 2. The van der Waals surface area contributed by atoms with Crippen LogP contribution in [0.2, 0.25) is 0 Å². The van der Waals surface area contributed by atoms with Gasteiger partial charge in [0.1, 0.15) is 18.5 Å². The number of ether oxygens (including phenoxy) is 1. The highest BCUT2D eigenvalue weighted by atomic mass is 16.5. The van der Waals surface area contributed by atoms with E-state index in [0.717, 1.165) is 11.3 Å². The Hall–Kier alpha value is -2.06. The van der Waals surface area contributed by atoms with Crippen LogP contribution < -0.4 is 4.74 Å². The van der Waals surface area contributed by atoms with Gasteiger partial charge in [-0.2, -0.15) is 0 Å². The van der Waals surface area contributed by atoms with Gasteiger partial charge in [-0.3, -0.25) is 0 Å². The van der Waals surface area contributed by atoms with Crippen LogP contribution in [0.5, 0.6) is 5.75 Å². The molecular formula is C16H16O2. The van der Waals surface area contributed by atoms with Crippen LogP contribution in [0.4, 0.5) is 0 Å². The first-order valence-corrected chi connectivity index (χ1v) is 5.94. The number of hydrogen-bond donors (Lipinski definition) is 1. The van der Waals surface area contributed by atoms with Gasteiger partial charge < -0.3 is 9.84 Å². The van der Waals surface area contributed by atoms with Crippen molar-refractivity contribution in [2.24, 2.45) is 0 Å². The minimum Gasteiger partial charge on any atom is -0.491 e. The second-order valence-electron chi connectivity index (χ2n) is 3.96. The molecule has 2 heteroatoms. The smallest absolute Gasteiger partial charge is 0.119 e. The fourth-order valence-electron chi connectivity index (χ4n) is 1.54. The molecule has 0 amide bonds. The van der Waals surface area contributed by atoms with Gasteiger partial charge in [-0.15, -0.1) is 0 Å². The van der Waals surface area contributed by atoms with Crippen molar-refractivity contribution in [2.75, 3.05) is 6.61 Å². The predicted octanol–water partition coefficient (Wildman–Crippen LogP) is 3.14. The summed E-state index contributed by atoms with van der Waals surface area (Å²) in [7, 11) is 0. The summed E-state index contributed by atoms with van der Waals surface area (Å²) < 4.78 is 5.45. The molecule has 2 aromatic carbocycles. The molecule has 1 unspecified atom stereocenters. The molecule has 0 bridgehead atoms. The normalized spacial score (nSPS) is 12.5. The molecule has 0 aliphatic rings. The van der Waals surface area contributed by atoms with Gasteiger partial charge in [-0.25, -0.2) is 0 Å². The Kier molecular flexibility index (Phi) is 4.56. The second kappa shape index (κ2) is 6.62. The van der Waals surface area contributed by atoms with Crippen molar-refractivity contribution in [3.8, 4) is 5.75 Å². The van der Waals surface area contributed by atoms with Crippen LogP contribution in [0.25, 0.3) is 6.08 Å². The molecule has 18 heavy (non-hydrogen) atoms. The summed E-state index contributed by atoms with van der Waals surface area (Å²) in [5, 5.41) is 9.76. The molecule has 0 saturated heterocycles. The first-order chi connectivity index (χ1) is 8.84. The van der Waals surface area contributed by atoms with Gasteiger partial charge in [-0.05, 0) is 17.7 Å². The number of rotatable bonds is 5. The molecule has 2 aromatic rings. The molecular weight excluding hydrogens is 224 g/mol. The number of para-hydroxylation sites is 1. The number of hydrogen-bond acceptors (Lipinski definition) is 2. The van der Waals surface area contributed by atoms with Crippen LogP contribution in [-0.2, 0) is 0 Å². The molecule has 0 aromatic heterocycles. The standard InChI is InChI=1S/C16H16O2/c17-15(12-11-14-7-3-1-4-8-14)13-18-16-9-5-2-6-10-16/h1-12,15,17H,13H2/b12-11+. The van der Waals surface area contributed by atoms with Crippen molar-refractivity contribution in [3.05, 3.63) is 72.3 Å². The Morgan fingerprint density at radius 3 is 2.22 bits per heavy atom. The van der Waals surface area contributed by atoms with E-state index in [0.29, 0.717) is 0 Å². The van der Waals surface area contributed by atoms with Crippen LogP contribution in [0.15, 0.2) is 66.7 Å². The molecule has 0 radical (unpaired) electrons. The fourth-order valence-corrected chi connectivity index (χ4v) is 1.54. The summed E-state index contributed by atoms with van der Waals surface area (Å²) in [5.41, 5.74) is 1.07. The lowest BCUT2D eigenvalue weighted by atomic mass is 10.2. The summed E-state index contributed by atoms with van der Waals surface area (Å²) in [4.78, 5) is 0. The topological polar surface area (TPSA) is 29.5 Å². The summed E-state index contributed by atoms with van der Waals surface area (Å²) >= 11 is 0. The summed E-state index contributed by atoms with van der Waals surface area (Å²) in [6, 6.07) is 19.3. The molecule has 1 atom stereocenters. The van der Waals surface area contributed by atoms with E-state index in [1.165, 1.54) is 0 Å². The Bertz CT molecular complexity index is 477. The highest BCUT2D eigenvalue weighted by molar-refractivity contribution is 5.49. The molecule has 2 nitrogen and oxygen atoms in total. The van der Waals surface area contributed by atoms with Crippen LogP contribution in [0, 0.1) is 0 Å². The summed E-state index contributed by atoms with van der Waals surface area (Å²) in [5.74, 6) is 0.768. The minimum absolute atomic E-state index is 0.257. The predicted molar refractivity (Wildman–Crippen MR) is 73.4 cm³/mol. The van der Waals surface area contributed by atoms with Gasteiger partial charge in [0.2, 0.25) is 0 Å². The van der Waals surface area contributed by atoms with E-state index in [2.05, 4.69) is 0 Å². The van der Waals surface area contributed by atoms with Crippen LogP contribution >= 0.6 is 0 Å². The first-order valence-electron chi connectivity index (χ1n) is 5.94. The maximum Gasteiger partial charge on any atom is 0.119 e. The van der Waals surface area contributed by atoms with Gasteiger partial charge >= 0.3 is 0 Å².